The maximum absolute atomic E-state index is 11.7. The summed E-state index contributed by atoms with van der Waals surface area (Å²) in [5.74, 6) is 0.235. The Hall–Kier alpha value is -0.840. The minimum Gasteiger partial charge on any atom is -1.00 e. The summed E-state index contributed by atoms with van der Waals surface area (Å²) in [7, 11) is 1.96. The molecule has 0 radical (unpaired) electrons. The maximum Gasteiger partial charge on any atom is 0.264 e. The van der Waals surface area contributed by atoms with E-state index >= 15 is 0 Å². The molecular formula is C10H16BrN3O. The van der Waals surface area contributed by atoms with E-state index in [0.717, 1.165) is 25.9 Å². The lowest BCUT2D eigenvalue weighted by Crippen LogP contribution is -3.00. The third kappa shape index (κ3) is 3.06. The van der Waals surface area contributed by atoms with Gasteiger partial charge in [-0.1, -0.05) is 0 Å². The fourth-order valence-electron chi connectivity index (χ4n) is 1.82. The van der Waals surface area contributed by atoms with Crippen LogP contribution in [0.25, 0.3) is 0 Å². The molecule has 1 aliphatic rings. The Morgan fingerprint density at radius 3 is 2.60 bits per heavy atom. The van der Waals surface area contributed by atoms with E-state index in [1.807, 2.05) is 39.8 Å². The van der Waals surface area contributed by atoms with Crippen LogP contribution in [-0.2, 0) is 18.4 Å². The van der Waals surface area contributed by atoms with E-state index in [2.05, 4.69) is 0 Å². The summed E-state index contributed by atoms with van der Waals surface area (Å²) in [6.07, 6.45) is 8.11. The monoisotopic (exact) mass is 273 g/mol. The predicted molar refractivity (Wildman–Crippen MR) is 51.4 cm³/mol. The van der Waals surface area contributed by atoms with E-state index in [-0.39, 0.29) is 22.9 Å². The minimum atomic E-state index is 0. The highest BCUT2D eigenvalue weighted by atomic mass is 79.9. The van der Waals surface area contributed by atoms with Gasteiger partial charge in [0.15, 0.2) is 6.54 Å². The second kappa shape index (κ2) is 5.30. The molecule has 0 atom stereocenters. The molecule has 1 fully saturated rings. The SMILES string of the molecule is C[n+]1ccn(CC(=O)N2CCCC2)c1.[Br-]. The average molecular weight is 274 g/mol. The van der Waals surface area contributed by atoms with Crippen LogP contribution in [0.1, 0.15) is 12.8 Å². The van der Waals surface area contributed by atoms with Crippen LogP contribution >= 0.6 is 0 Å². The third-order valence-corrected chi connectivity index (χ3v) is 2.60. The molecule has 0 saturated carbocycles. The first-order chi connectivity index (χ1) is 6.75. The fraction of sp³-hybridized carbons (Fsp3) is 0.600. The molecule has 15 heavy (non-hydrogen) atoms. The molecule has 1 aromatic rings. The fourth-order valence-corrected chi connectivity index (χ4v) is 1.82. The predicted octanol–water partition coefficient (Wildman–Crippen LogP) is -3.06. The van der Waals surface area contributed by atoms with Gasteiger partial charge in [0.05, 0.1) is 7.05 Å². The van der Waals surface area contributed by atoms with Crippen LogP contribution in [0.5, 0.6) is 0 Å². The van der Waals surface area contributed by atoms with E-state index < -0.39 is 0 Å². The molecule has 1 saturated heterocycles. The highest BCUT2D eigenvalue weighted by Gasteiger charge is 2.19. The first kappa shape index (κ1) is 12.2. The molecule has 0 spiro atoms. The van der Waals surface area contributed by atoms with E-state index in [9.17, 15) is 4.79 Å². The van der Waals surface area contributed by atoms with E-state index in [0.29, 0.717) is 6.54 Å². The topological polar surface area (TPSA) is 29.1 Å². The number of rotatable bonds is 2. The number of halogens is 1. The zero-order valence-electron chi connectivity index (χ0n) is 8.90. The normalized spacial score (nSPS) is 15.1. The third-order valence-electron chi connectivity index (χ3n) is 2.60. The average Bonchev–Trinajstić information content (AvgIpc) is 2.75. The standard InChI is InChI=1S/C10H16N3O.BrH/c1-11-6-7-12(9-11)8-10(14)13-4-2-3-5-13;/h6-7,9H,2-5,8H2,1H3;1H/q+1;/p-1. The zero-order chi connectivity index (χ0) is 9.97. The van der Waals surface area contributed by atoms with E-state index in [1.165, 1.54) is 0 Å². The number of aromatic nitrogens is 2. The highest BCUT2D eigenvalue weighted by molar-refractivity contribution is 5.76. The first-order valence-corrected chi connectivity index (χ1v) is 5.04. The van der Waals surface area contributed by atoms with Crippen molar-refractivity contribution in [1.82, 2.24) is 9.47 Å². The van der Waals surface area contributed by atoms with Crippen molar-refractivity contribution < 1.29 is 26.3 Å². The summed E-state index contributed by atoms with van der Waals surface area (Å²) in [6.45, 7) is 2.35. The Morgan fingerprint density at radius 1 is 1.40 bits per heavy atom. The number of imidazole rings is 1. The van der Waals surface area contributed by atoms with Crippen LogP contribution < -0.4 is 21.5 Å². The molecule has 1 amide bonds. The van der Waals surface area contributed by atoms with Crippen LogP contribution in [0, 0.1) is 0 Å². The minimum absolute atomic E-state index is 0. The smallest absolute Gasteiger partial charge is 0.264 e. The molecule has 2 heterocycles. The molecular weight excluding hydrogens is 258 g/mol. The molecule has 1 aromatic heterocycles. The summed E-state index contributed by atoms with van der Waals surface area (Å²) in [4.78, 5) is 13.7. The van der Waals surface area contributed by atoms with Crippen molar-refractivity contribution in [3.05, 3.63) is 18.7 Å². The van der Waals surface area contributed by atoms with Gasteiger partial charge in [-0.05, 0) is 12.8 Å². The van der Waals surface area contributed by atoms with Gasteiger partial charge in [-0.15, -0.1) is 0 Å². The Bertz CT molecular complexity index is 331. The van der Waals surface area contributed by atoms with Gasteiger partial charge in [0, 0.05) is 13.1 Å². The molecule has 0 aliphatic carbocycles. The molecule has 5 heteroatoms. The Morgan fingerprint density at radius 2 is 2.07 bits per heavy atom. The van der Waals surface area contributed by atoms with Crippen LogP contribution in [0.3, 0.4) is 0 Å². The van der Waals surface area contributed by atoms with Crippen molar-refractivity contribution >= 4 is 5.91 Å². The van der Waals surface area contributed by atoms with Gasteiger partial charge in [0.25, 0.3) is 5.91 Å². The molecule has 0 unspecified atom stereocenters. The van der Waals surface area contributed by atoms with Crippen LogP contribution in [-0.4, -0.2) is 28.5 Å². The van der Waals surface area contributed by atoms with Gasteiger partial charge in [-0.3, -0.25) is 4.79 Å². The lowest BCUT2D eigenvalue weighted by molar-refractivity contribution is -0.671. The molecule has 2 rings (SSSR count). The molecule has 84 valence electrons. The number of nitrogens with zero attached hydrogens (tertiary/aromatic N) is 3. The molecule has 0 bridgehead atoms. The van der Waals surface area contributed by atoms with E-state index in [1.54, 1.807) is 0 Å². The largest absolute Gasteiger partial charge is 1.00 e. The Labute approximate surface area is 100 Å². The summed E-state index contributed by atoms with van der Waals surface area (Å²) < 4.78 is 3.86. The van der Waals surface area contributed by atoms with Crippen molar-refractivity contribution in [3.8, 4) is 0 Å². The maximum atomic E-state index is 11.7. The second-order valence-electron chi connectivity index (χ2n) is 3.84. The molecule has 4 nitrogen and oxygen atoms in total. The number of amides is 1. The Kier molecular flexibility index (Phi) is 4.32. The lowest BCUT2D eigenvalue weighted by Gasteiger charge is -2.12. The van der Waals surface area contributed by atoms with Gasteiger partial charge in [0.2, 0.25) is 6.33 Å². The zero-order valence-corrected chi connectivity index (χ0v) is 10.5. The Balaban J connectivity index is 0.00000112. The van der Waals surface area contributed by atoms with Crippen LogP contribution in [0.2, 0.25) is 0 Å². The van der Waals surface area contributed by atoms with Crippen molar-refractivity contribution in [2.24, 2.45) is 7.05 Å². The van der Waals surface area contributed by atoms with Gasteiger partial charge in [-0.2, -0.15) is 0 Å². The molecule has 0 aromatic carbocycles. The molecule has 0 N–H and O–H groups in total. The number of aryl methyl sites for hydroxylation is 1. The van der Waals surface area contributed by atoms with Crippen molar-refractivity contribution in [2.75, 3.05) is 13.1 Å². The van der Waals surface area contributed by atoms with E-state index in [4.69, 9.17) is 0 Å². The van der Waals surface area contributed by atoms with Gasteiger partial charge in [-0.25, -0.2) is 9.13 Å². The van der Waals surface area contributed by atoms with Crippen molar-refractivity contribution in [1.29, 1.82) is 0 Å². The van der Waals surface area contributed by atoms with Gasteiger partial charge in [0.1, 0.15) is 12.4 Å². The van der Waals surface area contributed by atoms with Gasteiger partial charge >= 0.3 is 0 Å². The number of hydrogen-bond donors (Lipinski definition) is 0. The lowest BCUT2D eigenvalue weighted by atomic mass is 10.4. The number of carbonyl (C=O) groups is 1. The van der Waals surface area contributed by atoms with Gasteiger partial charge < -0.3 is 21.9 Å². The van der Waals surface area contributed by atoms with Crippen molar-refractivity contribution in [2.45, 2.75) is 19.4 Å². The summed E-state index contributed by atoms with van der Waals surface area (Å²) >= 11 is 0. The number of hydrogen-bond acceptors (Lipinski definition) is 1. The highest BCUT2D eigenvalue weighted by Crippen LogP contribution is 2.07. The quantitative estimate of drug-likeness (QED) is 0.527. The van der Waals surface area contributed by atoms with Crippen LogP contribution in [0.4, 0.5) is 0 Å². The van der Waals surface area contributed by atoms with Crippen LogP contribution in [0.15, 0.2) is 18.7 Å². The summed E-state index contributed by atoms with van der Waals surface area (Å²) in [6, 6.07) is 0. The molecule has 1 aliphatic heterocycles. The number of likely N-dealkylation sites (tertiary alicyclic amines) is 1. The van der Waals surface area contributed by atoms with Crippen molar-refractivity contribution in [3.63, 3.8) is 0 Å². The number of carbonyl (C=O) groups excluding carboxylic acids is 1. The second-order valence-corrected chi connectivity index (χ2v) is 3.84. The summed E-state index contributed by atoms with van der Waals surface area (Å²) in [5.41, 5.74) is 0. The first-order valence-electron chi connectivity index (χ1n) is 5.04. The summed E-state index contributed by atoms with van der Waals surface area (Å²) in [5, 5.41) is 0.